The molecule has 4 heterocycles. The van der Waals surface area contributed by atoms with Gasteiger partial charge in [0.15, 0.2) is 0 Å². The van der Waals surface area contributed by atoms with E-state index in [1.54, 1.807) is 70.2 Å². The monoisotopic (exact) mass is 896 g/mol. The number of hydrogen-bond acceptors (Lipinski definition) is 10. The van der Waals surface area contributed by atoms with Crippen molar-refractivity contribution in [2.45, 2.75) is 38.8 Å². The first-order valence-corrected chi connectivity index (χ1v) is 19.4. The number of hydrogen-bond donors (Lipinski definition) is 1. The largest absolute Gasteiger partial charge is 0.470 e. The van der Waals surface area contributed by atoms with Gasteiger partial charge in [0.05, 0.1) is 24.9 Å². The number of carbonyl (C=O) groups excluding carboxylic acids is 3. The lowest BCUT2D eigenvalue weighted by Crippen LogP contribution is -2.56. The van der Waals surface area contributed by atoms with Gasteiger partial charge in [-0.25, -0.2) is 0 Å². The first kappa shape index (κ1) is 45.9. The number of aromatic nitrogens is 4. The van der Waals surface area contributed by atoms with Crippen LogP contribution in [0.4, 0.5) is 37.7 Å². The van der Waals surface area contributed by atoms with E-state index in [1.807, 2.05) is 60.7 Å². The lowest BCUT2D eigenvalue weighted by Gasteiger charge is -2.40. The standard InChI is InChI=1S/C23H21F3N4O3.C20H17F3N4O2.ClH/c1-2-19(31)29-13-17(14-29)21(32)30(18-6-4-3-5-7-18)12-15-8-10-16(11-9-15)20-27-28-22(33-20)23(24,25)26;21-20(22,23)19-26-25-17(29-19)14-8-6-13(7-9-14)12-27(16-4-2-1-3-5-16)18(28)15-10-24-11-15;/h3-11,17H,2,12-14H2,1H3;1-9,15,24H,10-12H2;1H. The molecule has 1 N–H and O–H groups in total. The van der Waals surface area contributed by atoms with Gasteiger partial charge in [0.25, 0.3) is 0 Å². The third-order valence-electron chi connectivity index (χ3n) is 10.1. The first-order chi connectivity index (χ1) is 29.7. The van der Waals surface area contributed by atoms with E-state index in [2.05, 4.69) is 25.7 Å². The highest BCUT2D eigenvalue weighted by atomic mass is 35.5. The Labute approximate surface area is 362 Å². The van der Waals surface area contributed by atoms with E-state index < -0.39 is 24.1 Å². The van der Waals surface area contributed by atoms with Crippen LogP contribution in [0.2, 0.25) is 0 Å². The summed E-state index contributed by atoms with van der Waals surface area (Å²) in [6.45, 7) is 4.49. The number of alkyl halides is 6. The average Bonchev–Trinajstić information content (AvgIpc) is 3.94. The van der Waals surface area contributed by atoms with Crippen molar-refractivity contribution >= 4 is 41.5 Å². The number of likely N-dealkylation sites (tertiary alicyclic amines) is 1. The maximum Gasteiger partial charge on any atom is 0.470 e. The smallest absolute Gasteiger partial charge is 0.413 e. The van der Waals surface area contributed by atoms with Gasteiger partial charge in [-0.1, -0.05) is 67.6 Å². The normalized spacial score (nSPS) is 14.0. The fourth-order valence-electron chi connectivity index (χ4n) is 6.55. The summed E-state index contributed by atoms with van der Waals surface area (Å²) in [5, 5.41) is 16.1. The molecule has 0 bridgehead atoms. The SMILES string of the molecule is CCC(=O)N1CC(C(=O)N(Cc2ccc(-c3nnc(C(F)(F)F)o3)cc2)c2ccccc2)C1.Cl.O=C(C1CNC1)N(Cc1ccc(-c2nnc(C(F)(F)F)o2)cc1)c1ccccc1. The Morgan fingerprint density at radius 1 is 0.619 bits per heavy atom. The van der Waals surface area contributed by atoms with Crippen LogP contribution in [0.25, 0.3) is 22.9 Å². The molecule has 4 aromatic carbocycles. The molecule has 6 aromatic rings. The zero-order chi connectivity index (χ0) is 44.0. The van der Waals surface area contributed by atoms with Crippen molar-refractivity contribution in [1.82, 2.24) is 30.6 Å². The van der Waals surface area contributed by atoms with Crippen LogP contribution in [0.3, 0.4) is 0 Å². The molecule has 330 valence electrons. The molecular formula is C43H39ClF6N8O5. The van der Waals surface area contributed by atoms with Gasteiger partial charge < -0.3 is 28.9 Å². The summed E-state index contributed by atoms with van der Waals surface area (Å²) in [4.78, 5) is 42.9. The number of halogens is 7. The van der Waals surface area contributed by atoms with Gasteiger partial charge in [0, 0.05) is 55.1 Å². The van der Waals surface area contributed by atoms with E-state index in [-0.39, 0.29) is 60.3 Å². The van der Waals surface area contributed by atoms with Gasteiger partial charge in [0.1, 0.15) is 0 Å². The predicted molar refractivity (Wildman–Crippen MR) is 219 cm³/mol. The predicted octanol–water partition coefficient (Wildman–Crippen LogP) is 8.09. The number of nitrogens with zero attached hydrogens (tertiary/aromatic N) is 7. The summed E-state index contributed by atoms with van der Waals surface area (Å²) in [5.74, 6) is -3.60. The van der Waals surface area contributed by atoms with E-state index in [0.29, 0.717) is 50.3 Å². The second kappa shape index (κ2) is 19.6. The van der Waals surface area contributed by atoms with Gasteiger partial charge in [-0.2, -0.15) is 26.3 Å². The topological polar surface area (TPSA) is 151 Å². The molecule has 0 radical (unpaired) electrons. The number of benzene rings is 4. The Kier molecular flexibility index (Phi) is 14.3. The van der Waals surface area contributed by atoms with Crippen molar-refractivity contribution in [2.24, 2.45) is 11.8 Å². The van der Waals surface area contributed by atoms with Gasteiger partial charge in [-0.15, -0.1) is 32.8 Å². The fourth-order valence-corrected chi connectivity index (χ4v) is 6.55. The van der Waals surface area contributed by atoms with Crippen LogP contribution < -0.4 is 15.1 Å². The minimum Gasteiger partial charge on any atom is -0.413 e. The molecule has 0 aliphatic carbocycles. The zero-order valence-electron chi connectivity index (χ0n) is 33.3. The van der Waals surface area contributed by atoms with Crippen molar-refractivity contribution in [1.29, 1.82) is 0 Å². The summed E-state index contributed by atoms with van der Waals surface area (Å²) in [7, 11) is 0. The fraction of sp³-hybridized carbons (Fsp3) is 0.279. The van der Waals surface area contributed by atoms with E-state index in [1.165, 1.54) is 0 Å². The van der Waals surface area contributed by atoms with E-state index in [4.69, 9.17) is 8.83 Å². The Morgan fingerprint density at radius 3 is 1.35 bits per heavy atom. The zero-order valence-corrected chi connectivity index (χ0v) is 34.2. The highest BCUT2D eigenvalue weighted by Gasteiger charge is 2.40. The van der Waals surface area contributed by atoms with Crippen LogP contribution in [0, 0.1) is 11.8 Å². The quantitative estimate of drug-likeness (QED) is 0.127. The van der Waals surface area contributed by atoms with Crippen LogP contribution in [0.15, 0.2) is 118 Å². The summed E-state index contributed by atoms with van der Waals surface area (Å²) in [6, 6.07) is 31.7. The molecule has 0 spiro atoms. The van der Waals surface area contributed by atoms with Crippen molar-refractivity contribution < 1.29 is 49.6 Å². The molecule has 2 fully saturated rings. The van der Waals surface area contributed by atoms with Crippen LogP contribution in [0.5, 0.6) is 0 Å². The number of anilines is 2. The molecule has 2 saturated heterocycles. The summed E-state index contributed by atoms with van der Waals surface area (Å²) in [6.07, 6.45) is -8.99. The van der Waals surface area contributed by atoms with Crippen LogP contribution >= 0.6 is 12.4 Å². The van der Waals surface area contributed by atoms with E-state index in [0.717, 1.165) is 22.5 Å². The molecule has 63 heavy (non-hydrogen) atoms. The number of carbonyl (C=O) groups is 3. The lowest BCUT2D eigenvalue weighted by atomic mass is 9.97. The second-order valence-corrected chi connectivity index (χ2v) is 14.4. The minimum absolute atomic E-state index is 0. The third-order valence-corrected chi connectivity index (χ3v) is 10.1. The molecule has 0 atom stereocenters. The molecule has 20 heteroatoms. The number of nitrogens with one attached hydrogen (secondary N) is 1. The van der Waals surface area contributed by atoms with Gasteiger partial charge >= 0.3 is 24.1 Å². The second-order valence-electron chi connectivity index (χ2n) is 14.4. The Morgan fingerprint density at radius 2 is 1.02 bits per heavy atom. The minimum atomic E-state index is -4.71. The van der Waals surface area contributed by atoms with Gasteiger partial charge in [-0.3, -0.25) is 14.4 Å². The summed E-state index contributed by atoms with van der Waals surface area (Å²) >= 11 is 0. The molecule has 8 rings (SSSR count). The summed E-state index contributed by atoms with van der Waals surface area (Å²) < 4.78 is 85.4. The van der Waals surface area contributed by atoms with Crippen molar-refractivity contribution in [3.05, 3.63) is 132 Å². The van der Waals surface area contributed by atoms with Crippen LogP contribution in [-0.2, 0) is 39.8 Å². The highest BCUT2D eigenvalue weighted by molar-refractivity contribution is 5.97. The first-order valence-electron chi connectivity index (χ1n) is 19.4. The van der Waals surface area contributed by atoms with Crippen LogP contribution in [-0.4, -0.2) is 69.2 Å². The van der Waals surface area contributed by atoms with Gasteiger partial charge in [0.2, 0.25) is 29.5 Å². The van der Waals surface area contributed by atoms with E-state index in [9.17, 15) is 40.7 Å². The van der Waals surface area contributed by atoms with Gasteiger partial charge in [-0.05, 0) is 59.7 Å². The van der Waals surface area contributed by atoms with Crippen LogP contribution in [0.1, 0.15) is 36.3 Å². The highest BCUT2D eigenvalue weighted by Crippen LogP contribution is 2.32. The average molecular weight is 897 g/mol. The molecule has 2 aliphatic heterocycles. The number of para-hydroxylation sites is 2. The summed E-state index contributed by atoms with van der Waals surface area (Å²) in [5.41, 5.74) is 3.82. The van der Waals surface area contributed by atoms with E-state index >= 15 is 0 Å². The lowest BCUT2D eigenvalue weighted by molar-refractivity contribution is -0.157. The maximum absolute atomic E-state index is 13.2. The molecule has 0 saturated carbocycles. The molecule has 2 aromatic heterocycles. The molecule has 3 amide bonds. The number of amides is 3. The maximum atomic E-state index is 13.2. The Balaban J connectivity index is 0.000000208. The number of rotatable bonds is 11. The molecular weight excluding hydrogens is 858 g/mol. The van der Waals surface area contributed by atoms with Crippen molar-refractivity contribution in [3.63, 3.8) is 0 Å². The Bertz CT molecular complexity index is 2460. The van der Waals surface area contributed by atoms with Crippen molar-refractivity contribution in [2.75, 3.05) is 36.0 Å². The molecule has 13 nitrogen and oxygen atoms in total. The molecule has 0 unspecified atom stereocenters. The third kappa shape index (κ3) is 11.1. The molecule has 2 aliphatic rings. The van der Waals surface area contributed by atoms with Crippen molar-refractivity contribution in [3.8, 4) is 22.9 Å². The Hall–Kier alpha value is -6.60.